The van der Waals surface area contributed by atoms with E-state index in [2.05, 4.69) is 15.5 Å². The Morgan fingerprint density at radius 3 is 2.44 bits per heavy atom. The summed E-state index contributed by atoms with van der Waals surface area (Å²) in [4.78, 5) is 26.2. The Balaban J connectivity index is 0.00000338. The lowest BCUT2D eigenvalue weighted by molar-refractivity contribution is -0.118. The molecule has 1 atom stereocenters. The summed E-state index contributed by atoms with van der Waals surface area (Å²) in [6, 6.07) is 5.96. The molecule has 0 radical (unpaired) electrons. The third-order valence-corrected chi connectivity index (χ3v) is 3.91. The Hall–Kier alpha value is -1.42. The average Bonchev–Trinajstić information content (AvgIpc) is 2.63. The third-order valence-electron chi connectivity index (χ3n) is 3.91. The quantitative estimate of drug-likeness (QED) is 0.563. The van der Waals surface area contributed by atoms with Crippen LogP contribution in [0.2, 0.25) is 0 Å². The topological polar surface area (TPSA) is 106 Å². The van der Waals surface area contributed by atoms with Crippen LogP contribution in [0.4, 0.5) is 5.69 Å². The minimum Gasteiger partial charge on any atom is -0.383 e. The molecule has 1 aromatic rings. The van der Waals surface area contributed by atoms with Crippen molar-refractivity contribution in [2.75, 3.05) is 58.4 Å². The van der Waals surface area contributed by atoms with Crippen molar-refractivity contribution in [2.24, 2.45) is 5.73 Å². The molecule has 8 nitrogen and oxygen atoms in total. The van der Waals surface area contributed by atoms with E-state index in [1.807, 2.05) is 0 Å². The molecular weight excluding hydrogens is 395 g/mol. The van der Waals surface area contributed by atoms with E-state index < -0.39 is 6.04 Å². The van der Waals surface area contributed by atoms with Gasteiger partial charge in [0.1, 0.15) is 6.04 Å². The Kier molecular flexibility index (Phi) is 13.0. The maximum absolute atomic E-state index is 12.1. The van der Waals surface area contributed by atoms with Gasteiger partial charge in [-0.1, -0.05) is 0 Å². The fourth-order valence-corrected chi connectivity index (χ4v) is 2.45. The van der Waals surface area contributed by atoms with Gasteiger partial charge in [-0.25, -0.2) is 0 Å². The molecule has 2 rings (SSSR count). The molecule has 1 heterocycles. The number of anilines is 1. The van der Waals surface area contributed by atoms with E-state index in [0.717, 1.165) is 32.8 Å². The molecule has 1 unspecified atom stereocenters. The summed E-state index contributed by atoms with van der Waals surface area (Å²) in [6.07, 6.45) is 0. The summed E-state index contributed by atoms with van der Waals surface area (Å²) in [5.74, 6) is -0.466. The number of carbonyl (C=O) groups is 2. The normalized spacial score (nSPS) is 15.0. The molecule has 1 aromatic carbocycles. The Labute approximate surface area is 171 Å². The van der Waals surface area contributed by atoms with Gasteiger partial charge >= 0.3 is 0 Å². The van der Waals surface area contributed by atoms with Gasteiger partial charge in [0.15, 0.2) is 0 Å². The number of ether oxygens (including phenoxy) is 2. The molecule has 10 heteroatoms. The van der Waals surface area contributed by atoms with Crippen molar-refractivity contribution in [3.05, 3.63) is 29.8 Å². The summed E-state index contributed by atoms with van der Waals surface area (Å²) in [5, 5.41) is 5.58. The van der Waals surface area contributed by atoms with E-state index in [-0.39, 0.29) is 43.2 Å². The number of rotatable bonds is 8. The summed E-state index contributed by atoms with van der Waals surface area (Å²) >= 11 is 0. The van der Waals surface area contributed by atoms with Crippen LogP contribution in [0, 0.1) is 0 Å². The fourth-order valence-electron chi connectivity index (χ4n) is 2.45. The zero-order valence-corrected chi connectivity index (χ0v) is 16.9. The van der Waals surface area contributed by atoms with Crippen molar-refractivity contribution < 1.29 is 19.1 Å². The standard InChI is InChI=1S/C17H26N4O4.2ClH/c1-24-12-15(18)17(23)20-14-4-2-13(3-5-14)16(22)19-6-7-21-8-10-25-11-9-21;;/h2-5,15H,6-12,18H2,1H3,(H,19,22)(H,20,23);2*1H. The van der Waals surface area contributed by atoms with E-state index >= 15 is 0 Å². The number of carbonyl (C=O) groups excluding carboxylic acids is 2. The van der Waals surface area contributed by atoms with E-state index in [9.17, 15) is 9.59 Å². The highest BCUT2D eigenvalue weighted by molar-refractivity contribution is 5.97. The summed E-state index contributed by atoms with van der Waals surface area (Å²) < 4.78 is 10.1. The van der Waals surface area contributed by atoms with Crippen molar-refractivity contribution in [3.63, 3.8) is 0 Å². The van der Waals surface area contributed by atoms with Gasteiger partial charge in [0.2, 0.25) is 5.91 Å². The largest absolute Gasteiger partial charge is 0.383 e. The fraction of sp³-hybridized carbons (Fsp3) is 0.529. The number of hydrogen-bond acceptors (Lipinski definition) is 6. The van der Waals surface area contributed by atoms with Crippen LogP contribution < -0.4 is 16.4 Å². The van der Waals surface area contributed by atoms with Gasteiger partial charge in [-0.05, 0) is 24.3 Å². The van der Waals surface area contributed by atoms with E-state index in [1.165, 1.54) is 7.11 Å². The molecule has 0 aliphatic carbocycles. The molecule has 27 heavy (non-hydrogen) atoms. The van der Waals surface area contributed by atoms with Crippen LogP contribution in [0.3, 0.4) is 0 Å². The van der Waals surface area contributed by atoms with Crippen LogP contribution in [-0.2, 0) is 14.3 Å². The number of hydrogen-bond donors (Lipinski definition) is 3. The van der Waals surface area contributed by atoms with Crippen molar-refractivity contribution in [1.29, 1.82) is 0 Å². The molecule has 1 saturated heterocycles. The maximum Gasteiger partial charge on any atom is 0.251 e. The predicted molar refractivity (Wildman–Crippen MR) is 109 cm³/mol. The lowest BCUT2D eigenvalue weighted by atomic mass is 10.2. The molecule has 4 N–H and O–H groups in total. The number of nitrogens with two attached hydrogens (primary N) is 1. The van der Waals surface area contributed by atoms with Gasteiger partial charge in [-0.15, -0.1) is 24.8 Å². The van der Waals surface area contributed by atoms with Crippen LogP contribution in [0.1, 0.15) is 10.4 Å². The summed E-state index contributed by atoms with van der Waals surface area (Å²) in [7, 11) is 1.49. The minimum atomic E-state index is -0.729. The number of benzene rings is 1. The van der Waals surface area contributed by atoms with E-state index in [4.69, 9.17) is 15.2 Å². The number of nitrogens with zero attached hydrogens (tertiary/aromatic N) is 1. The van der Waals surface area contributed by atoms with E-state index in [0.29, 0.717) is 17.8 Å². The van der Waals surface area contributed by atoms with Gasteiger partial charge < -0.3 is 25.8 Å². The second-order valence-electron chi connectivity index (χ2n) is 5.84. The maximum atomic E-state index is 12.1. The van der Waals surface area contributed by atoms with Crippen LogP contribution in [0.25, 0.3) is 0 Å². The van der Waals surface area contributed by atoms with Crippen LogP contribution in [0.5, 0.6) is 0 Å². The second kappa shape index (κ2) is 13.7. The van der Waals surface area contributed by atoms with Crippen molar-refractivity contribution in [2.45, 2.75) is 6.04 Å². The predicted octanol–water partition coefficient (Wildman–Crippen LogP) is 0.504. The van der Waals surface area contributed by atoms with Gasteiger partial charge in [0.05, 0.1) is 19.8 Å². The highest BCUT2D eigenvalue weighted by atomic mass is 35.5. The molecule has 0 bridgehead atoms. The number of morpholine rings is 1. The lowest BCUT2D eigenvalue weighted by Gasteiger charge is -2.26. The Morgan fingerprint density at radius 1 is 1.22 bits per heavy atom. The molecule has 1 fully saturated rings. The average molecular weight is 423 g/mol. The smallest absolute Gasteiger partial charge is 0.251 e. The first-order valence-corrected chi connectivity index (χ1v) is 8.34. The Morgan fingerprint density at radius 2 is 1.85 bits per heavy atom. The summed E-state index contributed by atoms with van der Waals surface area (Å²) in [5.41, 5.74) is 6.78. The van der Waals surface area contributed by atoms with Crippen LogP contribution in [-0.4, -0.2) is 75.9 Å². The molecule has 0 aromatic heterocycles. The first-order chi connectivity index (χ1) is 12.1. The summed E-state index contributed by atoms with van der Waals surface area (Å²) in [6.45, 7) is 4.83. The molecular formula is C17H28Cl2N4O4. The molecule has 0 saturated carbocycles. The first-order valence-electron chi connectivity index (χ1n) is 8.34. The SMILES string of the molecule is COCC(N)C(=O)Nc1ccc(C(=O)NCCN2CCOCC2)cc1.Cl.Cl. The van der Waals surface area contributed by atoms with Gasteiger partial charge in [0, 0.05) is 44.5 Å². The van der Waals surface area contributed by atoms with E-state index in [1.54, 1.807) is 24.3 Å². The second-order valence-corrected chi connectivity index (χ2v) is 5.84. The van der Waals surface area contributed by atoms with Crippen molar-refractivity contribution >= 4 is 42.3 Å². The first kappa shape index (κ1) is 25.6. The molecule has 154 valence electrons. The number of methoxy groups -OCH3 is 1. The van der Waals surface area contributed by atoms with Crippen molar-refractivity contribution in [1.82, 2.24) is 10.2 Å². The van der Waals surface area contributed by atoms with Gasteiger partial charge in [-0.2, -0.15) is 0 Å². The zero-order chi connectivity index (χ0) is 18.1. The van der Waals surface area contributed by atoms with Crippen molar-refractivity contribution in [3.8, 4) is 0 Å². The Bertz CT molecular complexity index is 569. The molecule has 2 amide bonds. The number of halogens is 2. The van der Waals surface area contributed by atoms with Gasteiger partial charge in [-0.3, -0.25) is 14.5 Å². The number of amides is 2. The zero-order valence-electron chi connectivity index (χ0n) is 15.3. The van der Waals surface area contributed by atoms with Crippen LogP contribution in [0.15, 0.2) is 24.3 Å². The molecule has 1 aliphatic rings. The molecule has 1 aliphatic heterocycles. The highest BCUT2D eigenvalue weighted by Gasteiger charge is 2.14. The highest BCUT2D eigenvalue weighted by Crippen LogP contribution is 2.10. The van der Waals surface area contributed by atoms with Gasteiger partial charge in [0.25, 0.3) is 5.91 Å². The number of nitrogens with one attached hydrogen (secondary N) is 2. The molecule has 0 spiro atoms. The van der Waals surface area contributed by atoms with Crippen LogP contribution >= 0.6 is 24.8 Å². The minimum absolute atomic E-state index is 0. The third kappa shape index (κ3) is 8.87. The monoisotopic (exact) mass is 422 g/mol. The lowest BCUT2D eigenvalue weighted by Crippen LogP contribution is -2.41.